The number of fused-ring (bicyclic) bond motifs is 1. The minimum atomic E-state index is 0.694. The zero-order valence-electron chi connectivity index (χ0n) is 20.1. The highest BCUT2D eigenvalue weighted by Gasteiger charge is 2.26. The van der Waals surface area contributed by atoms with Crippen molar-refractivity contribution in [3.63, 3.8) is 0 Å². The average molecular weight is 458 g/mol. The van der Waals surface area contributed by atoms with E-state index in [9.17, 15) is 0 Å². The predicted molar refractivity (Wildman–Crippen MR) is 135 cm³/mol. The van der Waals surface area contributed by atoms with Gasteiger partial charge < -0.3 is 14.4 Å². The van der Waals surface area contributed by atoms with Crippen molar-refractivity contribution < 1.29 is 9.47 Å². The van der Waals surface area contributed by atoms with Crippen molar-refractivity contribution in [3.8, 4) is 22.8 Å². The number of aryl methyl sites for hydroxylation is 1. The third-order valence-corrected chi connectivity index (χ3v) is 6.15. The molecule has 176 valence electrons. The Bertz CT molecular complexity index is 1280. The smallest absolute Gasteiger partial charge is 0.125 e. The summed E-state index contributed by atoms with van der Waals surface area (Å²) in [6.45, 7) is 3.82. The van der Waals surface area contributed by atoms with Gasteiger partial charge >= 0.3 is 0 Å². The van der Waals surface area contributed by atoms with Crippen molar-refractivity contribution >= 4 is 22.4 Å². The molecule has 1 aliphatic carbocycles. The minimum Gasteiger partial charge on any atom is -0.497 e. The van der Waals surface area contributed by atoms with Crippen molar-refractivity contribution in [3.05, 3.63) is 55.0 Å². The van der Waals surface area contributed by atoms with Crippen molar-refractivity contribution in [1.82, 2.24) is 19.7 Å². The molecule has 0 spiro atoms. The predicted octanol–water partition coefficient (Wildman–Crippen LogP) is 5.77. The largest absolute Gasteiger partial charge is 0.497 e. The number of hydrogen-bond acceptors (Lipinski definition) is 6. The van der Waals surface area contributed by atoms with Gasteiger partial charge in [-0.3, -0.25) is 9.67 Å². The second kappa shape index (κ2) is 9.71. The van der Waals surface area contributed by atoms with Crippen LogP contribution in [0.3, 0.4) is 0 Å². The van der Waals surface area contributed by atoms with Gasteiger partial charge in [0.1, 0.15) is 11.5 Å². The normalized spacial score (nSPS) is 13.3. The Balaban J connectivity index is 1.52. The monoisotopic (exact) mass is 457 g/mol. The molecule has 0 amide bonds. The fourth-order valence-electron chi connectivity index (χ4n) is 4.03. The lowest BCUT2D eigenvalue weighted by Crippen LogP contribution is -2.20. The molecule has 1 saturated carbocycles. The number of ether oxygens (including phenoxy) is 2. The molecule has 0 saturated heterocycles. The molecule has 34 heavy (non-hydrogen) atoms. The summed E-state index contributed by atoms with van der Waals surface area (Å²) in [7, 11) is 3.60. The first-order chi connectivity index (χ1) is 16.6. The summed E-state index contributed by atoms with van der Waals surface area (Å²) < 4.78 is 13.4. The Labute approximate surface area is 200 Å². The lowest BCUT2D eigenvalue weighted by molar-refractivity contribution is 0.307. The maximum Gasteiger partial charge on any atom is 0.125 e. The molecular formula is C27H31N5O2. The van der Waals surface area contributed by atoms with E-state index < -0.39 is 0 Å². The van der Waals surface area contributed by atoms with Gasteiger partial charge in [0.05, 0.1) is 42.8 Å². The topological polar surface area (TPSA) is 65.3 Å². The Kier molecular flexibility index (Phi) is 6.34. The van der Waals surface area contributed by atoms with E-state index in [1.54, 1.807) is 11.8 Å². The SMILES string of the molecule is CCCCOc1cc(OC)cc(N(CC2CC2)c2ccc3ncc(-c4cnn(C)c4)nc3c2)c1. The Morgan fingerprint density at radius 3 is 2.62 bits per heavy atom. The Morgan fingerprint density at radius 1 is 1.03 bits per heavy atom. The Morgan fingerprint density at radius 2 is 1.88 bits per heavy atom. The van der Waals surface area contributed by atoms with Crippen LogP contribution in [0.2, 0.25) is 0 Å². The zero-order valence-corrected chi connectivity index (χ0v) is 20.1. The number of methoxy groups -OCH3 is 1. The summed E-state index contributed by atoms with van der Waals surface area (Å²) in [5, 5.41) is 4.27. The lowest BCUT2D eigenvalue weighted by Gasteiger charge is -2.26. The molecule has 2 aromatic carbocycles. The second-order valence-corrected chi connectivity index (χ2v) is 8.95. The molecule has 4 aromatic rings. The van der Waals surface area contributed by atoms with Crippen LogP contribution in [-0.4, -0.2) is 40.0 Å². The summed E-state index contributed by atoms with van der Waals surface area (Å²) in [5.74, 6) is 2.33. The summed E-state index contributed by atoms with van der Waals surface area (Å²) >= 11 is 0. The van der Waals surface area contributed by atoms with E-state index in [0.717, 1.165) is 64.6 Å². The number of benzene rings is 2. The number of unbranched alkanes of at least 4 members (excludes halogenated alkanes) is 1. The van der Waals surface area contributed by atoms with E-state index in [4.69, 9.17) is 14.5 Å². The van der Waals surface area contributed by atoms with Crippen molar-refractivity contribution in [2.45, 2.75) is 32.6 Å². The van der Waals surface area contributed by atoms with Gasteiger partial charge in [-0.1, -0.05) is 13.3 Å². The van der Waals surface area contributed by atoms with Gasteiger partial charge in [0.2, 0.25) is 0 Å². The zero-order chi connectivity index (χ0) is 23.5. The van der Waals surface area contributed by atoms with Crippen LogP contribution in [0.15, 0.2) is 55.0 Å². The van der Waals surface area contributed by atoms with E-state index in [2.05, 4.69) is 46.2 Å². The number of rotatable bonds is 10. The highest BCUT2D eigenvalue weighted by molar-refractivity contribution is 5.82. The molecule has 0 unspecified atom stereocenters. The molecule has 5 rings (SSSR count). The molecule has 0 bridgehead atoms. The van der Waals surface area contributed by atoms with E-state index in [1.807, 2.05) is 37.8 Å². The Hall–Kier alpha value is -3.61. The van der Waals surface area contributed by atoms with E-state index in [-0.39, 0.29) is 0 Å². The van der Waals surface area contributed by atoms with Crippen LogP contribution in [0.1, 0.15) is 32.6 Å². The number of anilines is 2. The van der Waals surface area contributed by atoms with Crippen molar-refractivity contribution in [2.24, 2.45) is 13.0 Å². The maximum atomic E-state index is 6.04. The van der Waals surface area contributed by atoms with Gasteiger partial charge in [-0.2, -0.15) is 5.10 Å². The van der Waals surface area contributed by atoms with Crippen LogP contribution in [0, 0.1) is 5.92 Å². The lowest BCUT2D eigenvalue weighted by atomic mass is 10.1. The molecule has 0 atom stereocenters. The quantitative estimate of drug-likeness (QED) is 0.282. The van der Waals surface area contributed by atoms with Crippen LogP contribution in [0.5, 0.6) is 11.5 Å². The molecule has 7 nitrogen and oxygen atoms in total. The molecular weight excluding hydrogens is 426 g/mol. The third-order valence-electron chi connectivity index (χ3n) is 6.15. The molecule has 1 fully saturated rings. The number of nitrogens with zero attached hydrogens (tertiary/aromatic N) is 5. The first-order valence-electron chi connectivity index (χ1n) is 12.0. The maximum absolute atomic E-state index is 6.04. The number of aromatic nitrogens is 4. The molecule has 0 aliphatic heterocycles. The summed E-state index contributed by atoms with van der Waals surface area (Å²) in [6, 6.07) is 12.4. The van der Waals surface area contributed by atoms with Crippen LogP contribution in [0.25, 0.3) is 22.3 Å². The van der Waals surface area contributed by atoms with Crippen molar-refractivity contribution in [1.29, 1.82) is 0 Å². The molecule has 7 heteroatoms. The first kappa shape index (κ1) is 22.2. The fraction of sp³-hybridized carbons (Fsp3) is 0.370. The molecule has 1 aliphatic rings. The summed E-state index contributed by atoms with van der Waals surface area (Å²) in [6.07, 6.45) is 10.2. The highest BCUT2D eigenvalue weighted by atomic mass is 16.5. The molecule has 0 N–H and O–H groups in total. The van der Waals surface area contributed by atoms with Gasteiger partial charge in [-0.15, -0.1) is 0 Å². The second-order valence-electron chi connectivity index (χ2n) is 8.95. The van der Waals surface area contributed by atoms with Crippen LogP contribution in [-0.2, 0) is 7.05 Å². The first-order valence-corrected chi connectivity index (χ1v) is 12.0. The number of hydrogen-bond donors (Lipinski definition) is 0. The average Bonchev–Trinajstić information content (AvgIpc) is 3.58. The van der Waals surface area contributed by atoms with Crippen molar-refractivity contribution in [2.75, 3.05) is 25.2 Å². The van der Waals surface area contributed by atoms with E-state index in [0.29, 0.717) is 12.5 Å². The van der Waals surface area contributed by atoms with Gasteiger partial charge in [0.25, 0.3) is 0 Å². The summed E-state index contributed by atoms with van der Waals surface area (Å²) in [4.78, 5) is 11.9. The van der Waals surface area contributed by atoms with Crippen LogP contribution >= 0.6 is 0 Å². The molecule has 2 heterocycles. The van der Waals surface area contributed by atoms with Gasteiger partial charge in [-0.05, 0) is 43.4 Å². The fourth-order valence-corrected chi connectivity index (χ4v) is 4.03. The highest BCUT2D eigenvalue weighted by Crippen LogP contribution is 2.38. The summed E-state index contributed by atoms with van der Waals surface area (Å²) in [5.41, 5.74) is 5.66. The van der Waals surface area contributed by atoms with Crippen LogP contribution < -0.4 is 14.4 Å². The van der Waals surface area contributed by atoms with E-state index in [1.165, 1.54) is 12.8 Å². The third kappa shape index (κ3) is 4.98. The standard InChI is InChI=1S/C27H31N5O2/c1-4-5-10-34-24-12-22(11-23(14-24)33-3)32(17-19-6-7-19)21-8-9-25-26(13-21)30-27(16-28-25)20-15-29-31(2)18-20/h8-9,11-16,18-19H,4-7,10,17H2,1-3H3. The molecule has 2 aromatic heterocycles. The van der Waals surface area contributed by atoms with Gasteiger partial charge in [-0.25, -0.2) is 4.98 Å². The van der Waals surface area contributed by atoms with Gasteiger partial charge in [0.15, 0.2) is 0 Å². The van der Waals surface area contributed by atoms with Crippen LogP contribution in [0.4, 0.5) is 11.4 Å². The van der Waals surface area contributed by atoms with Gasteiger partial charge in [0, 0.05) is 54.9 Å². The molecule has 0 radical (unpaired) electrons. The van der Waals surface area contributed by atoms with E-state index >= 15 is 0 Å². The minimum absolute atomic E-state index is 0.694.